The topological polar surface area (TPSA) is 75.1 Å². The number of aromatic nitrogens is 2. The van der Waals surface area contributed by atoms with Gasteiger partial charge in [0.2, 0.25) is 0 Å². The van der Waals surface area contributed by atoms with Gasteiger partial charge < -0.3 is 10.4 Å². The van der Waals surface area contributed by atoms with Gasteiger partial charge in [-0.25, -0.2) is 4.98 Å². The number of amides is 1. The summed E-state index contributed by atoms with van der Waals surface area (Å²) in [6.45, 7) is 0.813. The molecule has 5 nitrogen and oxygen atoms in total. The molecule has 5 heteroatoms. The van der Waals surface area contributed by atoms with Crippen LogP contribution in [0.4, 0.5) is 0 Å². The molecule has 0 aromatic carbocycles. The molecule has 0 radical (unpaired) electrons. The summed E-state index contributed by atoms with van der Waals surface area (Å²) >= 11 is 0. The van der Waals surface area contributed by atoms with Gasteiger partial charge in [0.1, 0.15) is 5.69 Å². The number of nitrogens with zero attached hydrogens (tertiary/aromatic N) is 2. The molecule has 1 rings (SSSR count). The number of carbonyl (C=O) groups excluding carboxylic acids is 1. The zero-order chi connectivity index (χ0) is 10.9. The van der Waals surface area contributed by atoms with Gasteiger partial charge in [-0.05, 0) is 19.3 Å². The fraction of sp³-hybridized carbons (Fsp3) is 0.500. The van der Waals surface area contributed by atoms with E-state index in [1.807, 2.05) is 0 Å². The van der Waals surface area contributed by atoms with Crippen LogP contribution >= 0.6 is 0 Å². The van der Waals surface area contributed by atoms with E-state index in [-0.39, 0.29) is 12.5 Å². The first kappa shape index (κ1) is 11.6. The van der Waals surface area contributed by atoms with E-state index < -0.39 is 0 Å². The second-order valence-electron chi connectivity index (χ2n) is 3.13. The Bertz CT molecular complexity index is 290. The Balaban J connectivity index is 2.20. The van der Waals surface area contributed by atoms with Crippen molar-refractivity contribution in [2.45, 2.75) is 19.3 Å². The van der Waals surface area contributed by atoms with E-state index in [2.05, 4.69) is 15.3 Å². The lowest BCUT2D eigenvalue weighted by molar-refractivity contribution is 0.0947. The maximum absolute atomic E-state index is 11.4. The fourth-order valence-corrected chi connectivity index (χ4v) is 1.12. The summed E-state index contributed by atoms with van der Waals surface area (Å²) < 4.78 is 0. The summed E-state index contributed by atoms with van der Waals surface area (Å²) in [7, 11) is 0. The van der Waals surface area contributed by atoms with Gasteiger partial charge in [0.25, 0.3) is 5.91 Å². The van der Waals surface area contributed by atoms with Gasteiger partial charge in [-0.15, -0.1) is 0 Å². The number of aliphatic hydroxyl groups is 1. The highest BCUT2D eigenvalue weighted by Gasteiger charge is 2.04. The Morgan fingerprint density at radius 2 is 2.20 bits per heavy atom. The number of hydrogen-bond acceptors (Lipinski definition) is 4. The van der Waals surface area contributed by atoms with E-state index in [0.29, 0.717) is 12.2 Å². The van der Waals surface area contributed by atoms with Crippen molar-refractivity contribution in [2.75, 3.05) is 13.2 Å². The largest absolute Gasteiger partial charge is 0.396 e. The first-order valence-electron chi connectivity index (χ1n) is 4.99. The van der Waals surface area contributed by atoms with Crippen LogP contribution in [0.5, 0.6) is 0 Å². The number of rotatable bonds is 6. The van der Waals surface area contributed by atoms with E-state index in [4.69, 9.17) is 5.11 Å². The van der Waals surface area contributed by atoms with Crippen LogP contribution in [0.1, 0.15) is 29.8 Å². The monoisotopic (exact) mass is 209 g/mol. The first-order valence-corrected chi connectivity index (χ1v) is 4.99. The first-order chi connectivity index (χ1) is 7.34. The van der Waals surface area contributed by atoms with Crippen LogP contribution in [0, 0.1) is 0 Å². The molecule has 1 aromatic rings. The van der Waals surface area contributed by atoms with Crippen LogP contribution in [-0.2, 0) is 0 Å². The summed E-state index contributed by atoms with van der Waals surface area (Å²) in [5.74, 6) is -0.202. The Morgan fingerprint density at radius 1 is 1.33 bits per heavy atom. The van der Waals surface area contributed by atoms with Crippen molar-refractivity contribution in [1.29, 1.82) is 0 Å². The molecule has 15 heavy (non-hydrogen) atoms. The standard InChI is InChI=1S/C10H15N3O2/c14-7-3-1-2-4-13-10(15)9-8-11-5-6-12-9/h5-6,8,14H,1-4,7H2,(H,13,15). The zero-order valence-corrected chi connectivity index (χ0v) is 8.52. The van der Waals surface area contributed by atoms with Crippen molar-refractivity contribution in [3.63, 3.8) is 0 Å². The van der Waals surface area contributed by atoms with Gasteiger partial charge >= 0.3 is 0 Å². The third-order valence-corrected chi connectivity index (χ3v) is 1.92. The number of hydrogen-bond donors (Lipinski definition) is 2. The van der Waals surface area contributed by atoms with Gasteiger partial charge in [-0.3, -0.25) is 9.78 Å². The van der Waals surface area contributed by atoms with Crippen LogP contribution in [0.3, 0.4) is 0 Å². The van der Waals surface area contributed by atoms with E-state index >= 15 is 0 Å². The van der Waals surface area contributed by atoms with Crippen molar-refractivity contribution in [3.8, 4) is 0 Å². The number of aliphatic hydroxyl groups excluding tert-OH is 1. The molecule has 0 saturated heterocycles. The number of nitrogens with one attached hydrogen (secondary N) is 1. The van der Waals surface area contributed by atoms with Gasteiger partial charge in [0, 0.05) is 25.5 Å². The molecule has 0 fully saturated rings. The van der Waals surface area contributed by atoms with E-state index in [1.54, 1.807) is 0 Å². The minimum atomic E-state index is -0.202. The Kier molecular flexibility index (Phi) is 5.32. The van der Waals surface area contributed by atoms with Crippen LogP contribution < -0.4 is 5.32 Å². The molecule has 0 spiro atoms. The third kappa shape index (κ3) is 4.51. The fourth-order valence-electron chi connectivity index (χ4n) is 1.12. The van der Waals surface area contributed by atoms with Crippen LogP contribution in [0.25, 0.3) is 0 Å². The number of unbranched alkanes of at least 4 members (excludes halogenated alkanes) is 2. The van der Waals surface area contributed by atoms with Gasteiger partial charge in [0.05, 0.1) is 6.20 Å². The van der Waals surface area contributed by atoms with Gasteiger partial charge in [-0.1, -0.05) is 0 Å². The second-order valence-corrected chi connectivity index (χ2v) is 3.13. The third-order valence-electron chi connectivity index (χ3n) is 1.92. The average Bonchev–Trinajstić information content (AvgIpc) is 2.30. The minimum Gasteiger partial charge on any atom is -0.396 e. The molecule has 1 aromatic heterocycles. The lowest BCUT2D eigenvalue weighted by atomic mass is 10.2. The molecule has 1 heterocycles. The molecular weight excluding hydrogens is 194 g/mol. The smallest absolute Gasteiger partial charge is 0.271 e. The molecule has 1 amide bonds. The summed E-state index contributed by atoms with van der Waals surface area (Å²) in [6, 6.07) is 0. The van der Waals surface area contributed by atoms with Crippen molar-refractivity contribution < 1.29 is 9.90 Å². The lowest BCUT2D eigenvalue weighted by Gasteiger charge is -2.03. The molecule has 0 unspecified atom stereocenters. The summed E-state index contributed by atoms with van der Waals surface area (Å²) in [5, 5.41) is 11.3. The Labute approximate surface area is 88.6 Å². The zero-order valence-electron chi connectivity index (χ0n) is 8.52. The predicted molar refractivity (Wildman–Crippen MR) is 55.3 cm³/mol. The van der Waals surface area contributed by atoms with Crippen LogP contribution in [-0.4, -0.2) is 34.1 Å². The second kappa shape index (κ2) is 6.89. The highest BCUT2D eigenvalue weighted by molar-refractivity contribution is 5.91. The quantitative estimate of drug-likeness (QED) is 0.664. The van der Waals surface area contributed by atoms with Crippen molar-refractivity contribution in [2.24, 2.45) is 0 Å². The molecule has 0 saturated carbocycles. The normalized spacial score (nSPS) is 9.93. The van der Waals surface area contributed by atoms with Crippen molar-refractivity contribution >= 4 is 5.91 Å². The Morgan fingerprint density at radius 3 is 2.87 bits per heavy atom. The highest BCUT2D eigenvalue weighted by atomic mass is 16.2. The molecule has 0 aliphatic heterocycles. The molecule has 82 valence electrons. The maximum atomic E-state index is 11.4. The van der Waals surface area contributed by atoms with Gasteiger partial charge in [-0.2, -0.15) is 0 Å². The average molecular weight is 209 g/mol. The van der Waals surface area contributed by atoms with Crippen molar-refractivity contribution in [1.82, 2.24) is 15.3 Å². The molecular formula is C10H15N3O2. The lowest BCUT2D eigenvalue weighted by Crippen LogP contribution is -2.25. The van der Waals surface area contributed by atoms with E-state index in [0.717, 1.165) is 19.3 Å². The van der Waals surface area contributed by atoms with Crippen molar-refractivity contribution in [3.05, 3.63) is 24.3 Å². The molecule has 2 N–H and O–H groups in total. The van der Waals surface area contributed by atoms with Crippen LogP contribution in [0.2, 0.25) is 0 Å². The highest BCUT2D eigenvalue weighted by Crippen LogP contribution is 1.94. The Hall–Kier alpha value is -1.49. The summed E-state index contributed by atoms with van der Waals surface area (Å²) in [4.78, 5) is 19.1. The van der Waals surface area contributed by atoms with Gasteiger partial charge in [0.15, 0.2) is 0 Å². The maximum Gasteiger partial charge on any atom is 0.271 e. The summed E-state index contributed by atoms with van der Waals surface area (Å²) in [6.07, 6.45) is 7.01. The molecule has 0 bridgehead atoms. The molecule has 0 aliphatic rings. The van der Waals surface area contributed by atoms with Crippen LogP contribution in [0.15, 0.2) is 18.6 Å². The van der Waals surface area contributed by atoms with E-state index in [9.17, 15) is 4.79 Å². The predicted octanol–water partition coefficient (Wildman–Crippen LogP) is 0.369. The minimum absolute atomic E-state index is 0.202. The number of carbonyl (C=O) groups is 1. The van der Waals surface area contributed by atoms with E-state index in [1.165, 1.54) is 18.6 Å². The molecule has 0 atom stereocenters. The summed E-state index contributed by atoms with van der Waals surface area (Å²) in [5.41, 5.74) is 0.333. The SMILES string of the molecule is O=C(NCCCCCO)c1cnccn1. The molecule has 0 aliphatic carbocycles.